The lowest BCUT2D eigenvalue weighted by atomic mass is 9.99. The molecule has 242 valence electrons. The van der Waals surface area contributed by atoms with Gasteiger partial charge in [-0.15, -0.1) is 0 Å². The van der Waals surface area contributed by atoms with E-state index in [1.807, 2.05) is 13.2 Å². The topological polar surface area (TPSA) is 169 Å². The number of aliphatic imine (C=N–C) groups is 1. The Morgan fingerprint density at radius 1 is 1.00 bits per heavy atom. The van der Waals surface area contributed by atoms with Gasteiger partial charge in [0.25, 0.3) is 0 Å². The zero-order valence-electron chi connectivity index (χ0n) is 26.3. The highest BCUT2D eigenvalue weighted by Gasteiger charge is 2.31. The summed E-state index contributed by atoms with van der Waals surface area (Å²) >= 11 is 1.53. The van der Waals surface area contributed by atoms with E-state index in [1.165, 1.54) is 11.8 Å². The number of ether oxygens (including phenoxy) is 1. The molecule has 44 heavy (non-hydrogen) atoms. The van der Waals surface area contributed by atoms with Crippen molar-refractivity contribution in [2.24, 2.45) is 16.6 Å². The number of hydrogen-bond donors (Lipinski definition) is 4. The van der Waals surface area contributed by atoms with Crippen LogP contribution in [0.3, 0.4) is 0 Å². The van der Waals surface area contributed by atoms with Crippen LogP contribution in [0.5, 0.6) is 0 Å². The summed E-state index contributed by atoms with van der Waals surface area (Å²) in [6, 6.07) is 13.6. The zero-order valence-corrected chi connectivity index (χ0v) is 27.9. The summed E-state index contributed by atoms with van der Waals surface area (Å²) in [5.74, 6) is -0.905. The third-order valence-corrected chi connectivity index (χ3v) is 8.54. The zero-order chi connectivity index (χ0) is 32.9. The standard InChI is InChI=1S/C31H45N5O6S2/c1-7-21(2)26(36-44(40,41)20-23-11-9-8-10-12-23)29(38)34-25(17-18-43-6)28(37)33-19-22-13-15-24(16-14-22)27(32)35-30(39)42-31(3,4)5/h8-16,21,25-26,36H,7,17-20H2,1-6H3,(H,33,37)(H,34,38)(H2,32,35,39)/t21?,25-,26+/m0/s1. The largest absolute Gasteiger partial charge is 0.442 e. The van der Waals surface area contributed by atoms with Crippen LogP contribution in [0, 0.1) is 5.92 Å². The van der Waals surface area contributed by atoms with Gasteiger partial charge in [-0.25, -0.2) is 17.9 Å². The Balaban J connectivity index is 2.08. The molecule has 3 atom stereocenters. The van der Waals surface area contributed by atoms with Crippen LogP contribution in [-0.2, 0) is 36.6 Å². The van der Waals surface area contributed by atoms with Crippen LogP contribution in [0.1, 0.15) is 64.2 Å². The fourth-order valence-electron chi connectivity index (χ4n) is 4.01. The maximum Gasteiger partial charge on any atom is 0.436 e. The van der Waals surface area contributed by atoms with Crippen molar-refractivity contribution < 1.29 is 27.5 Å². The highest BCUT2D eigenvalue weighted by Crippen LogP contribution is 2.14. The third kappa shape index (κ3) is 13.1. The van der Waals surface area contributed by atoms with E-state index in [4.69, 9.17) is 10.5 Å². The van der Waals surface area contributed by atoms with E-state index in [0.29, 0.717) is 29.7 Å². The van der Waals surface area contributed by atoms with E-state index in [0.717, 1.165) is 5.56 Å². The van der Waals surface area contributed by atoms with Crippen molar-refractivity contribution in [1.82, 2.24) is 15.4 Å². The number of amides is 3. The van der Waals surface area contributed by atoms with Crippen molar-refractivity contribution in [1.29, 1.82) is 0 Å². The highest BCUT2D eigenvalue weighted by molar-refractivity contribution is 7.98. The summed E-state index contributed by atoms with van der Waals surface area (Å²) in [5, 5.41) is 5.63. The number of hydrogen-bond acceptors (Lipinski definition) is 7. The third-order valence-electron chi connectivity index (χ3n) is 6.57. The van der Waals surface area contributed by atoms with Crippen LogP contribution in [0.2, 0.25) is 0 Å². The molecule has 0 fully saturated rings. The molecular formula is C31H45N5O6S2. The monoisotopic (exact) mass is 647 g/mol. The number of benzene rings is 2. The van der Waals surface area contributed by atoms with Crippen LogP contribution in [0.25, 0.3) is 0 Å². The summed E-state index contributed by atoms with van der Waals surface area (Å²) in [7, 11) is -3.84. The van der Waals surface area contributed by atoms with E-state index in [2.05, 4.69) is 20.3 Å². The van der Waals surface area contributed by atoms with E-state index in [1.54, 1.807) is 82.3 Å². The average Bonchev–Trinajstić information content (AvgIpc) is 2.95. The molecule has 0 bridgehead atoms. The summed E-state index contributed by atoms with van der Waals surface area (Å²) in [4.78, 5) is 42.3. The Morgan fingerprint density at radius 3 is 2.20 bits per heavy atom. The molecule has 0 aromatic heterocycles. The van der Waals surface area contributed by atoms with Crippen molar-refractivity contribution in [2.45, 2.75) is 77.4 Å². The molecule has 11 nitrogen and oxygen atoms in total. The van der Waals surface area contributed by atoms with Crippen LogP contribution in [0.15, 0.2) is 59.6 Å². The summed E-state index contributed by atoms with van der Waals surface area (Å²) in [5.41, 5.74) is 7.13. The predicted molar refractivity (Wildman–Crippen MR) is 176 cm³/mol. The van der Waals surface area contributed by atoms with Gasteiger partial charge in [0, 0.05) is 12.1 Å². The number of amidine groups is 1. The molecule has 0 saturated carbocycles. The van der Waals surface area contributed by atoms with Crippen molar-refractivity contribution in [3.63, 3.8) is 0 Å². The first kappa shape index (κ1) is 36.8. The number of carbonyl (C=O) groups excluding carboxylic acids is 3. The molecule has 0 aliphatic rings. The number of nitrogens with one attached hydrogen (secondary N) is 3. The summed E-state index contributed by atoms with van der Waals surface area (Å²) in [6.45, 7) is 9.03. The quantitative estimate of drug-likeness (QED) is 0.168. The first-order valence-corrected chi connectivity index (χ1v) is 17.5. The molecule has 3 amide bonds. The highest BCUT2D eigenvalue weighted by atomic mass is 32.2. The van der Waals surface area contributed by atoms with Crippen LogP contribution in [0.4, 0.5) is 4.79 Å². The molecule has 0 radical (unpaired) electrons. The molecule has 0 heterocycles. The lowest BCUT2D eigenvalue weighted by molar-refractivity contribution is -0.130. The Hall–Kier alpha value is -3.42. The first-order valence-electron chi connectivity index (χ1n) is 14.4. The molecule has 2 rings (SSSR count). The maximum atomic E-state index is 13.4. The second-order valence-corrected chi connectivity index (χ2v) is 14.2. The Bertz CT molecular complexity index is 1380. The first-order chi connectivity index (χ1) is 20.6. The Morgan fingerprint density at radius 2 is 1.64 bits per heavy atom. The molecule has 0 aliphatic heterocycles. The van der Waals surface area contributed by atoms with E-state index in [9.17, 15) is 22.8 Å². The fourth-order valence-corrected chi connectivity index (χ4v) is 5.92. The lowest BCUT2D eigenvalue weighted by Crippen LogP contribution is -2.55. The van der Waals surface area contributed by atoms with Crippen molar-refractivity contribution in [3.8, 4) is 0 Å². The van der Waals surface area contributed by atoms with Gasteiger partial charge >= 0.3 is 6.09 Å². The van der Waals surface area contributed by atoms with Gasteiger partial charge in [0.05, 0.1) is 5.75 Å². The number of nitrogens with two attached hydrogens (primary N) is 1. The van der Waals surface area contributed by atoms with Crippen molar-refractivity contribution in [3.05, 3.63) is 71.3 Å². The van der Waals surface area contributed by atoms with E-state index in [-0.39, 0.29) is 24.1 Å². The molecular weight excluding hydrogens is 603 g/mol. The van der Waals surface area contributed by atoms with E-state index >= 15 is 0 Å². The molecule has 5 N–H and O–H groups in total. The number of carbonyl (C=O) groups is 3. The second kappa shape index (κ2) is 17.2. The molecule has 0 saturated heterocycles. The van der Waals surface area contributed by atoms with Crippen LogP contribution >= 0.6 is 11.8 Å². The van der Waals surface area contributed by atoms with Gasteiger partial charge in [-0.05, 0) is 56.2 Å². The minimum atomic E-state index is -3.84. The summed E-state index contributed by atoms with van der Waals surface area (Å²) < 4.78 is 33.6. The molecule has 13 heteroatoms. The Labute approximate surface area is 265 Å². The molecule has 0 spiro atoms. The Kier molecular flexibility index (Phi) is 14.3. The second-order valence-electron chi connectivity index (χ2n) is 11.5. The molecule has 1 unspecified atom stereocenters. The van der Waals surface area contributed by atoms with Crippen LogP contribution < -0.4 is 21.1 Å². The minimum Gasteiger partial charge on any atom is -0.442 e. The number of thioether (sulfide) groups is 1. The van der Waals surface area contributed by atoms with Gasteiger partial charge < -0.3 is 21.1 Å². The molecule has 2 aromatic rings. The van der Waals surface area contributed by atoms with E-state index < -0.39 is 45.6 Å². The smallest absolute Gasteiger partial charge is 0.436 e. The van der Waals surface area contributed by atoms with Gasteiger partial charge in [-0.1, -0.05) is 74.9 Å². The fraction of sp³-hybridized carbons (Fsp3) is 0.484. The van der Waals surface area contributed by atoms with Gasteiger partial charge in [-0.3, -0.25) is 9.59 Å². The number of sulfonamides is 1. The maximum absolute atomic E-state index is 13.4. The van der Waals surface area contributed by atoms with Gasteiger partial charge in [-0.2, -0.15) is 16.8 Å². The minimum absolute atomic E-state index is 0.00457. The van der Waals surface area contributed by atoms with Crippen LogP contribution in [-0.4, -0.2) is 61.9 Å². The number of nitrogens with zero attached hydrogens (tertiary/aromatic N) is 1. The van der Waals surface area contributed by atoms with Gasteiger partial charge in [0.2, 0.25) is 21.8 Å². The lowest BCUT2D eigenvalue weighted by Gasteiger charge is -2.26. The molecule has 2 aromatic carbocycles. The SMILES string of the molecule is CCC(C)[C@@H](NS(=O)(=O)Cc1ccccc1)C(=O)N[C@@H](CCSC)C(=O)NCc1ccc(/C(N)=N\C(=O)OC(C)(C)C)cc1. The van der Waals surface area contributed by atoms with Crippen molar-refractivity contribution >= 4 is 45.5 Å². The predicted octanol–water partition coefficient (Wildman–Crippen LogP) is 3.72. The average molecular weight is 648 g/mol. The number of rotatable bonds is 15. The van der Waals surface area contributed by atoms with Gasteiger partial charge in [0.15, 0.2) is 0 Å². The summed E-state index contributed by atoms with van der Waals surface area (Å²) in [6.07, 6.45) is 2.02. The molecule has 0 aliphatic carbocycles. The van der Waals surface area contributed by atoms with Crippen molar-refractivity contribution in [2.75, 3.05) is 12.0 Å². The normalized spacial score (nSPS) is 14.3. The van der Waals surface area contributed by atoms with Gasteiger partial charge in [0.1, 0.15) is 23.5 Å².